The molecule has 0 fully saturated rings. The Kier molecular flexibility index (Phi) is 4.36. The van der Waals surface area contributed by atoms with Crippen molar-refractivity contribution in [3.63, 3.8) is 0 Å². The Morgan fingerprint density at radius 1 is 1.29 bits per heavy atom. The number of benzene rings is 1. The van der Waals surface area contributed by atoms with Gasteiger partial charge in [0.25, 0.3) is 0 Å². The third-order valence-corrected chi connectivity index (χ3v) is 1.98. The predicted molar refractivity (Wildman–Crippen MR) is 61.9 cm³/mol. The Balaban J connectivity index is 2.85. The van der Waals surface area contributed by atoms with E-state index in [1.54, 1.807) is 0 Å². The van der Waals surface area contributed by atoms with Crippen molar-refractivity contribution in [2.24, 2.45) is 5.73 Å². The first-order chi connectivity index (χ1) is 6.74. The Morgan fingerprint density at radius 3 is 2.64 bits per heavy atom. The lowest BCUT2D eigenvalue weighted by molar-refractivity contribution is 0.402. The standard InChI is InChI=1S/C12H18N2/c1-14(2)10-12-7-4-3-6-11(12)8-5-9-13/h3-8H,9-10,13H2,1-2H3/b8-5+. The average Bonchev–Trinajstić information content (AvgIpc) is 2.16. The zero-order valence-corrected chi connectivity index (χ0v) is 8.90. The number of hydrogen-bond donors (Lipinski definition) is 1. The van der Waals surface area contributed by atoms with Gasteiger partial charge in [-0.15, -0.1) is 0 Å². The zero-order chi connectivity index (χ0) is 10.4. The van der Waals surface area contributed by atoms with Crippen LogP contribution in [0.1, 0.15) is 11.1 Å². The van der Waals surface area contributed by atoms with E-state index in [-0.39, 0.29) is 0 Å². The quantitative estimate of drug-likeness (QED) is 0.783. The molecule has 2 N–H and O–H groups in total. The molecule has 0 unspecified atom stereocenters. The summed E-state index contributed by atoms with van der Waals surface area (Å²) in [4.78, 5) is 2.16. The van der Waals surface area contributed by atoms with Gasteiger partial charge in [0.1, 0.15) is 0 Å². The molecule has 0 heterocycles. The maximum atomic E-state index is 5.43. The highest BCUT2D eigenvalue weighted by atomic mass is 15.0. The number of nitrogens with zero attached hydrogens (tertiary/aromatic N) is 1. The molecule has 0 aliphatic rings. The number of rotatable bonds is 4. The van der Waals surface area contributed by atoms with E-state index < -0.39 is 0 Å². The van der Waals surface area contributed by atoms with E-state index in [1.807, 2.05) is 6.08 Å². The zero-order valence-electron chi connectivity index (χ0n) is 8.90. The molecule has 14 heavy (non-hydrogen) atoms. The Labute approximate surface area is 86.0 Å². The second kappa shape index (κ2) is 5.58. The van der Waals surface area contributed by atoms with Gasteiger partial charge >= 0.3 is 0 Å². The van der Waals surface area contributed by atoms with Crippen LogP contribution in [0.3, 0.4) is 0 Å². The maximum absolute atomic E-state index is 5.43. The van der Waals surface area contributed by atoms with Crippen LogP contribution in [0.2, 0.25) is 0 Å². The van der Waals surface area contributed by atoms with Crippen LogP contribution >= 0.6 is 0 Å². The maximum Gasteiger partial charge on any atom is 0.0233 e. The fourth-order valence-electron chi connectivity index (χ4n) is 1.38. The second-order valence-corrected chi connectivity index (χ2v) is 3.57. The van der Waals surface area contributed by atoms with E-state index in [2.05, 4.69) is 49.3 Å². The van der Waals surface area contributed by atoms with Crippen LogP contribution in [0.15, 0.2) is 30.3 Å². The monoisotopic (exact) mass is 190 g/mol. The summed E-state index contributed by atoms with van der Waals surface area (Å²) in [7, 11) is 4.15. The van der Waals surface area contributed by atoms with E-state index in [4.69, 9.17) is 5.73 Å². The minimum Gasteiger partial charge on any atom is -0.327 e. The van der Waals surface area contributed by atoms with Gasteiger partial charge in [0.2, 0.25) is 0 Å². The lowest BCUT2D eigenvalue weighted by atomic mass is 10.1. The average molecular weight is 190 g/mol. The fourth-order valence-corrected chi connectivity index (χ4v) is 1.38. The molecule has 0 aromatic heterocycles. The minimum atomic E-state index is 0.594. The summed E-state index contributed by atoms with van der Waals surface area (Å²) in [5.41, 5.74) is 8.02. The van der Waals surface area contributed by atoms with Crippen LogP contribution in [-0.4, -0.2) is 25.5 Å². The first-order valence-electron chi connectivity index (χ1n) is 4.83. The number of hydrogen-bond acceptors (Lipinski definition) is 2. The van der Waals surface area contributed by atoms with Gasteiger partial charge < -0.3 is 10.6 Å². The fraction of sp³-hybridized carbons (Fsp3) is 0.333. The summed E-state index contributed by atoms with van der Waals surface area (Å²) in [5.74, 6) is 0. The molecule has 0 atom stereocenters. The first-order valence-corrected chi connectivity index (χ1v) is 4.83. The van der Waals surface area contributed by atoms with Crippen molar-refractivity contribution in [3.05, 3.63) is 41.5 Å². The molecule has 0 saturated heterocycles. The van der Waals surface area contributed by atoms with Crippen molar-refractivity contribution >= 4 is 6.08 Å². The smallest absolute Gasteiger partial charge is 0.0233 e. The van der Waals surface area contributed by atoms with E-state index >= 15 is 0 Å². The molecule has 2 nitrogen and oxygen atoms in total. The van der Waals surface area contributed by atoms with Crippen molar-refractivity contribution in [1.29, 1.82) is 0 Å². The lowest BCUT2D eigenvalue weighted by Crippen LogP contribution is -2.11. The van der Waals surface area contributed by atoms with Crippen molar-refractivity contribution in [2.45, 2.75) is 6.54 Å². The molecule has 1 aromatic carbocycles. The summed E-state index contributed by atoms with van der Waals surface area (Å²) in [6.07, 6.45) is 4.06. The minimum absolute atomic E-state index is 0.594. The summed E-state index contributed by atoms with van der Waals surface area (Å²) in [6.45, 7) is 1.56. The van der Waals surface area contributed by atoms with Crippen molar-refractivity contribution in [2.75, 3.05) is 20.6 Å². The molecule has 76 valence electrons. The summed E-state index contributed by atoms with van der Waals surface area (Å²) >= 11 is 0. The van der Waals surface area contributed by atoms with Gasteiger partial charge in [-0.2, -0.15) is 0 Å². The summed E-state index contributed by atoms with van der Waals surface area (Å²) < 4.78 is 0. The largest absolute Gasteiger partial charge is 0.327 e. The second-order valence-electron chi connectivity index (χ2n) is 3.57. The van der Waals surface area contributed by atoms with Crippen molar-refractivity contribution in [3.8, 4) is 0 Å². The van der Waals surface area contributed by atoms with Gasteiger partial charge in [0.05, 0.1) is 0 Å². The molecule has 2 heteroatoms. The van der Waals surface area contributed by atoms with Crippen LogP contribution in [0.4, 0.5) is 0 Å². The van der Waals surface area contributed by atoms with Crippen LogP contribution in [0.5, 0.6) is 0 Å². The molecule has 0 aliphatic heterocycles. The molecular formula is C12H18N2. The topological polar surface area (TPSA) is 29.3 Å². The molecular weight excluding hydrogens is 172 g/mol. The third kappa shape index (κ3) is 3.32. The molecule has 0 radical (unpaired) electrons. The molecule has 0 aliphatic carbocycles. The molecule has 0 amide bonds. The van der Waals surface area contributed by atoms with Gasteiger partial charge in [-0.1, -0.05) is 36.4 Å². The van der Waals surface area contributed by atoms with Crippen LogP contribution in [0.25, 0.3) is 6.08 Å². The van der Waals surface area contributed by atoms with Gasteiger partial charge in [-0.25, -0.2) is 0 Å². The van der Waals surface area contributed by atoms with Crippen molar-refractivity contribution < 1.29 is 0 Å². The van der Waals surface area contributed by atoms with Crippen LogP contribution < -0.4 is 5.73 Å². The highest BCUT2D eigenvalue weighted by molar-refractivity contribution is 5.53. The van der Waals surface area contributed by atoms with Crippen LogP contribution in [0, 0.1) is 0 Å². The van der Waals surface area contributed by atoms with E-state index in [0.29, 0.717) is 6.54 Å². The highest BCUT2D eigenvalue weighted by Crippen LogP contribution is 2.11. The SMILES string of the molecule is CN(C)Cc1ccccc1/C=C/CN. The molecule has 1 aromatic rings. The Hall–Kier alpha value is -1.12. The van der Waals surface area contributed by atoms with Gasteiger partial charge in [0, 0.05) is 13.1 Å². The van der Waals surface area contributed by atoms with E-state index in [9.17, 15) is 0 Å². The Morgan fingerprint density at radius 2 is 2.00 bits per heavy atom. The van der Waals surface area contributed by atoms with Crippen molar-refractivity contribution in [1.82, 2.24) is 4.90 Å². The third-order valence-electron chi connectivity index (χ3n) is 1.98. The normalized spacial score (nSPS) is 11.4. The molecule has 0 saturated carbocycles. The predicted octanol–water partition coefficient (Wildman–Crippen LogP) is 1.72. The summed E-state index contributed by atoms with van der Waals surface area (Å²) in [6, 6.07) is 8.38. The van der Waals surface area contributed by atoms with E-state index in [0.717, 1.165) is 6.54 Å². The summed E-state index contributed by atoms with van der Waals surface area (Å²) in [5, 5.41) is 0. The molecule has 0 spiro atoms. The lowest BCUT2D eigenvalue weighted by Gasteiger charge is -2.11. The molecule has 1 rings (SSSR count). The van der Waals surface area contributed by atoms with Crippen LogP contribution in [-0.2, 0) is 6.54 Å². The van der Waals surface area contributed by atoms with Gasteiger partial charge in [-0.3, -0.25) is 0 Å². The van der Waals surface area contributed by atoms with E-state index in [1.165, 1.54) is 11.1 Å². The first kappa shape index (κ1) is 11.0. The Bertz CT molecular complexity index is 303. The highest BCUT2D eigenvalue weighted by Gasteiger charge is 1.98. The number of nitrogens with two attached hydrogens (primary N) is 1. The molecule has 0 bridgehead atoms. The van der Waals surface area contributed by atoms with Gasteiger partial charge in [0.15, 0.2) is 0 Å². The van der Waals surface area contributed by atoms with Gasteiger partial charge in [-0.05, 0) is 25.2 Å².